The second-order valence-electron chi connectivity index (χ2n) is 4.29. The van der Waals surface area contributed by atoms with Gasteiger partial charge in [-0.05, 0) is 52.9 Å². The molecule has 0 bridgehead atoms. The van der Waals surface area contributed by atoms with Crippen LogP contribution in [-0.4, -0.2) is 4.98 Å². The predicted octanol–water partition coefficient (Wildman–Crippen LogP) is 4.26. The van der Waals surface area contributed by atoms with Crippen LogP contribution in [0.3, 0.4) is 0 Å². The Hall–Kier alpha value is -1.42. The van der Waals surface area contributed by atoms with Gasteiger partial charge in [0.2, 0.25) is 5.88 Å². The van der Waals surface area contributed by atoms with Crippen molar-refractivity contribution in [3.05, 3.63) is 51.9 Å². The zero-order valence-electron chi connectivity index (χ0n) is 9.62. The van der Waals surface area contributed by atoms with Crippen molar-refractivity contribution in [2.45, 2.75) is 19.3 Å². The summed E-state index contributed by atoms with van der Waals surface area (Å²) in [5.41, 5.74) is 2.40. The van der Waals surface area contributed by atoms with Crippen molar-refractivity contribution < 1.29 is 9.13 Å². The molecule has 2 nitrogen and oxygen atoms in total. The van der Waals surface area contributed by atoms with Gasteiger partial charge in [0.15, 0.2) is 0 Å². The minimum atomic E-state index is -0.339. The molecule has 0 atom stereocenters. The van der Waals surface area contributed by atoms with Crippen LogP contribution in [-0.2, 0) is 12.8 Å². The van der Waals surface area contributed by atoms with Gasteiger partial charge in [-0.3, -0.25) is 0 Å². The number of aromatic nitrogens is 1. The molecule has 1 aliphatic rings. The van der Waals surface area contributed by atoms with E-state index in [-0.39, 0.29) is 5.82 Å². The highest BCUT2D eigenvalue weighted by Crippen LogP contribution is 2.27. The van der Waals surface area contributed by atoms with Crippen molar-refractivity contribution >= 4 is 15.9 Å². The maximum Gasteiger partial charge on any atom is 0.219 e. The van der Waals surface area contributed by atoms with E-state index in [0.717, 1.165) is 25.0 Å². The van der Waals surface area contributed by atoms with Crippen molar-refractivity contribution in [2.75, 3.05) is 0 Å². The third kappa shape index (κ3) is 2.25. The van der Waals surface area contributed by atoms with Crippen LogP contribution in [0.5, 0.6) is 11.6 Å². The molecule has 1 heterocycles. The number of fused-ring (bicyclic) bond motifs is 1. The van der Waals surface area contributed by atoms with Crippen LogP contribution >= 0.6 is 15.9 Å². The zero-order chi connectivity index (χ0) is 12.5. The molecular weight excluding hydrogens is 297 g/mol. The average Bonchev–Trinajstić information content (AvgIpc) is 2.81. The monoisotopic (exact) mass is 307 g/mol. The Kier molecular flexibility index (Phi) is 3.04. The zero-order valence-corrected chi connectivity index (χ0v) is 11.2. The summed E-state index contributed by atoms with van der Waals surface area (Å²) in [4.78, 5) is 4.44. The van der Waals surface area contributed by atoms with Crippen LogP contribution in [0.4, 0.5) is 4.39 Å². The van der Waals surface area contributed by atoms with Crippen molar-refractivity contribution in [2.24, 2.45) is 0 Å². The highest BCUT2D eigenvalue weighted by molar-refractivity contribution is 9.10. The minimum absolute atomic E-state index is 0.339. The van der Waals surface area contributed by atoms with Gasteiger partial charge in [0.1, 0.15) is 11.6 Å². The first-order valence-corrected chi connectivity index (χ1v) is 6.63. The summed E-state index contributed by atoms with van der Waals surface area (Å²) in [6.45, 7) is 0. The Morgan fingerprint density at radius 3 is 2.89 bits per heavy atom. The van der Waals surface area contributed by atoms with E-state index < -0.39 is 0 Å². The Bertz CT molecular complexity index is 600. The van der Waals surface area contributed by atoms with E-state index in [2.05, 4.69) is 20.9 Å². The van der Waals surface area contributed by atoms with Gasteiger partial charge in [0.05, 0.1) is 4.47 Å². The largest absolute Gasteiger partial charge is 0.439 e. The van der Waals surface area contributed by atoms with Crippen LogP contribution in [0.2, 0.25) is 0 Å². The first kappa shape index (κ1) is 11.7. The molecule has 92 valence electrons. The summed E-state index contributed by atoms with van der Waals surface area (Å²) in [6.07, 6.45) is 3.25. The van der Waals surface area contributed by atoms with E-state index in [4.69, 9.17) is 4.74 Å². The molecule has 0 saturated heterocycles. The lowest BCUT2D eigenvalue weighted by molar-refractivity contribution is 0.456. The van der Waals surface area contributed by atoms with Crippen molar-refractivity contribution in [1.82, 2.24) is 4.98 Å². The molecular formula is C14H11BrFNO. The van der Waals surface area contributed by atoms with E-state index >= 15 is 0 Å². The van der Waals surface area contributed by atoms with E-state index in [0.29, 0.717) is 16.1 Å². The summed E-state index contributed by atoms with van der Waals surface area (Å²) >= 11 is 3.11. The average molecular weight is 308 g/mol. The van der Waals surface area contributed by atoms with Gasteiger partial charge in [-0.2, -0.15) is 0 Å². The smallest absolute Gasteiger partial charge is 0.219 e. The van der Waals surface area contributed by atoms with Gasteiger partial charge < -0.3 is 4.74 Å². The molecule has 0 unspecified atom stereocenters. The second-order valence-corrected chi connectivity index (χ2v) is 5.14. The van der Waals surface area contributed by atoms with E-state index in [9.17, 15) is 4.39 Å². The van der Waals surface area contributed by atoms with Gasteiger partial charge in [-0.1, -0.05) is 6.07 Å². The molecule has 4 heteroatoms. The van der Waals surface area contributed by atoms with Gasteiger partial charge in [0.25, 0.3) is 0 Å². The highest BCUT2D eigenvalue weighted by atomic mass is 79.9. The number of hydrogen-bond acceptors (Lipinski definition) is 2. The number of benzene rings is 1. The fourth-order valence-electron chi connectivity index (χ4n) is 2.12. The van der Waals surface area contributed by atoms with Crippen LogP contribution < -0.4 is 4.74 Å². The maximum absolute atomic E-state index is 13.4. The minimum Gasteiger partial charge on any atom is -0.439 e. The lowest BCUT2D eigenvalue weighted by Crippen LogP contribution is -1.93. The number of pyridine rings is 1. The SMILES string of the molecule is Fc1cc(Oc2ccc3c(n2)CCC3)ccc1Br. The van der Waals surface area contributed by atoms with Crippen LogP contribution in [0, 0.1) is 5.82 Å². The number of hydrogen-bond donors (Lipinski definition) is 0. The number of halogens is 2. The van der Waals surface area contributed by atoms with Gasteiger partial charge in [0, 0.05) is 17.8 Å². The molecule has 1 aliphatic carbocycles. The Morgan fingerprint density at radius 2 is 2.06 bits per heavy atom. The molecule has 0 spiro atoms. The molecule has 18 heavy (non-hydrogen) atoms. The molecule has 0 fully saturated rings. The van der Waals surface area contributed by atoms with Gasteiger partial charge in [-0.15, -0.1) is 0 Å². The van der Waals surface area contributed by atoms with Crippen LogP contribution in [0.25, 0.3) is 0 Å². The van der Waals surface area contributed by atoms with Crippen molar-refractivity contribution in [3.8, 4) is 11.6 Å². The lowest BCUT2D eigenvalue weighted by Gasteiger charge is -2.07. The molecule has 0 radical (unpaired) electrons. The molecule has 1 aromatic carbocycles. The molecule has 1 aromatic heterocycles. The van der Waals surface area contributed by atoms with Crippen LogP contribution in [0.1, 0.15) is 17.7 Å². The van der Waals surface area contributed by atoms with Crippen molar-refractivity contribution in [1.29, 1.82) is 0 Å². The summed E-state index contributed by atoms with van der Waals surface area (Å²) < 4.78 is 19.3. The summed E-state index contributed by atoms with van der Waals surface area (Å²) in [6, 6.07) is 8.56. The third-order valence-corrected chi connectivity index (χ3v) is 3.66. The number of aryl methyl sites for hydroxylation is 2. The van der Waals surface area contributed by atoms with E-state index in [1.165, 1.54) is 11.6 Å². The maximum atomic E-state index is 13.4. The fraction of sp³-hybridized carbons (Fsp3) is 0.214. The van der Waals surface area contributed by atoms with Crippen LogP contribution in [0.15, 0.2) is 34.8 Å². The predicted molar refractivity (Wildman–Crippen MR) is 70.4 cm³/mol. The summed E-state index contributed by atoms with van der Waals surface area (Å²) in [5.74, 6) is 0.646. The Balaban J connectivity index is 1.85. The summed E-state index contributed by atoms with van der Waals surface area (Å²) in [5, 5.41) is 0. The topological polar surface area (TPSA) is 22.1 Å². The van der Waals surface area contributed by atoms with E-state index in [1.54, 1.807) is 12.1 Å². The molecule has 0 saturated carbocycles. The normalized spacial score (nSPS) is 13.4. The molecule has 2 aromatic rings. The number of rotatable bonds is 2. The molecule has 0 amide bonds. The summed E-state index contributed by atoms with van der Waals surface area (Å²) in [7, 11) is 0. The number of nitrogens with zero attached hydrogens (tertiary/aromatic N) is 1. The van der Waals surface area contributed by atoms with Crippen molar-refractivity contribution in [3.63, 3.8) is 0 Å². The lowest BCUT2D eigenvalue weighted by atomic mass is 10.2. The van der Waals surface area contributed by atoms with E-state index in [1.807, 2.05) is 12.1 Å². The van der Waals surface area contributed by atoms with Gasteiger partial charge >= 0.3 is 0 Å². The second kappa shape index (κ2) is 4.69. The first-order valence-electron chi connectivity index (χ1n) is 5.84. The number of ether oxygens (including phenoxy) is 1. The highest BCUT2D eigenvalue weighted by Gasteiger charge is 2.13. The Labute approximate surface area is 113 Å². The standard InChI is InChI=1S/C14H11BrFNO/c15-11-6-5-10(8-12(11)16)18-14-7-4-9-2-1-3-13(9)17-14/h4-8H,1-3H2. The molecule has 0 N–H and O–H groups in total. The third-order valence-electron chi connectivity index (χ3n) is 3.02. The molecule has 3 rings (SSSR count). The quantitative estimate of drug-likeness (QED) is 0.827. The fourth-order valence-corrected chi connectivity index (χ4v) is 2.37. The van der Waals surface area contributed by atoms with Gasteiger partial charge in [-0.25, -0.2) is 9.37 Å². The molecule has 0 aliphatic heterocycles. The Morgan fingerprint density at radius 1 is 1.17 bits per heavy atom. The first-order chi connectivity index (χ1) is 8.72.